The summed E-state index contributed by atoms with van der Waals surface area (Å²) in [6.45, 7) is 19.3. The van der Waals surface area contributed by atoms with E-state index in [0.717, 1.165) is 43.3 Å². The maximum Gasteiger partial charge on any atom is 1.00 e. The molecule has 0 heterocycles. The molecule has 34 heteroatoms. The van der Waals surface area contributed by atoms with Crippen LogP contribution in [0.2, 0.25) is 0 Å². The number of ketones is 11. The number of aliphatic hydroxyl groups excluding tert-OH is 8. The fourth-order valence-corrected chi connectivity index (χ4v) is 35.7. The zero-order valence-corrected chi connectivity index (χ0v) is 89.1. The minimum atomic E-state index is -5.43. The van der Waals surface area contributed by atoms with Crippen molar-refractivity contribution >= 4 is 71.4 Å². The van der Waals surface area contributed by atoms with Gasteiger partial charge in [-0.2, -0.15) is 0 Å². The summed E-state index contributed by atoms with van der Waals surface area (Å²) in [4.78, 5) is 157. The average molecular weight is 2020 g/mol. The third kappa shape index (κ3) is 15.4. The molecule has 28 nitrogen and oxygen atoms in total. The Bertz CT molecular complexity index is 5510. The summed E-state index contributed by atoms with van der Waals surface area (Å²) in [5.74, 6) is -8.11. The molecular weight excluding hydrogens is 1880 g/mol. The van der Waals surface area contributed by atoms with E-state index in [1.54, 1.807) is 98.8 Å². The number of Topliss-reactive ketones (excluding diaryl/α,β-unsaturated/α-hetero) is 6. The molecule has 15 saturated carbocycles. The van der Waals surface area contributed by atoms with E-state index in [1.807, 2.05) is 32.9 Å². The molecule has 0 spiro atoms. The first kappa shape index (κ1) is 113. The summed E-state index contributed by atoms with van der Waals surface area (Å²) in [6, 6.07) is 0. The van der Waals surface area contributed by atoms with Gasteiger partial charge in [0, 0.05) is 90.2 Å². The van der Waals surface area contributed by atoms with Gasteiger partial charge in [0.25, 0.3) is 0 Å². The maximum atomic E-state index is 17.0. The minimum Gasteiger partial charge on any atom is -0.790 e. The van der Waals surface area contributed by atoms with Gasteiger partial charge in [-0.1, -0.05) is 127 Å². The molecule has 20 rings (SSSR count). The number of carbonyl (C=O) groups is 11. The van der Waals surface area contributed by atoms with Crippen LogP contribution >= 0.6 is 7.82 Å². The standard InChI is InChI=1S/C22H30FO8P.2C22H29FO5.C21H28O5.C21H26O5.2Na/c1-12-8-16-15-5-4-13-9-14(24)6-7-19(13,2)21(15,23)17(25)10-20(16,3)22(12,27)18(26)11-31-32(28,29)30;2*1-12-8-16-15-5-4-13-9-14(25)6-7-19(13,2)21(15,23)17(26)10-20(16,3)22(12,28)18(27)11-24;2*1-19-7-5-13(23)9-12(19)3-4-14-15-6-8-21(26,17(25)11-22)20(15,2)10-16(24)18(14)19;;/h6-7,9,12,15-17,25,27H,4-5,8,10-11H2,1-3H3,(H2,28,29,30);2*6-7,9,12,15-17,24,26,28H,4-5,8,10-11H2,1-3H3;5,7,9,14-16,18,22,24,26H,3-4,6,8,10-11H2,1-2H3;5,7,9,14-15,18,22,26H,3-4,6,8,10-11H2,1-2H3;;/q;;;;;2*+1/p-2/t2*12-,15+,16+,17+,19+,20+,21+,22+;12-,15-,16-,17-,19-,20-,21-,22-;14-,15-,16-,18+,19-,20-,21-;14-,15-,18+,19-,20-,21-;;/m11000../s1. The Morgan fingerprint density at radius 1 is 0.387 bits per heavy atom. The molecule has 20 aliphatic carbocycles. The van der Waals surface area contributed by atoms with Crippen LogP contribution in [0.3, 0.4) is 0 Å². The second-order valence-corrected chi connectivity index (χ2v) is 49.2. The van der Waals surface area contributed by atoms with Gasteiger partial charge in [0.15, 0.2) is 74.8 Å². The third-order valence-corrected chi connectivity index (χ3v) is 43.3. The number of hydrogen-bond donors (Lipinski definition) is 13. The summed E-state index contributed by atoms with van der Waals surface area (Å²) >= 11 is 0. The Kier molecular flexibility index (Phi) is 29.9. The number of fused-ring (bicyclic) bond motifs is 25. The minimum absolute atomic E-state index is 0. The van der Waals surface area contributed by atoms with E-state index >= 15 is 13.2 Å². The van der Waals surface area contributed by atoms with Crippen molar-refractivity contribution in [2.24, 2.45) is 143 Å². The molecule has 0 aromatic rings. The van der Waals surface area contributed by atoms with Gasteiger partial charge >= 0.3 is 59.1 Å². The van der Waals surface area contributed by atoms with E-state index < -0.39 is 229 Å². The number of allylic oxidation sites excluding steroid dienone is 20. The van der Waals surface area contributed by atoms with Gasteiger partial charge in [0.05, 0.1) is 32.2 Å². The predicted octanol–water partition coefficient (Wildman–Crippen LogP) is 1.87. The maximum absolute atomic E-state index is 17.0. The summed E-state index contributed by atoms with van der Waals surface area (Å²) in [7, 11) is -5.43. The average Bonchev–Trinajstić information content (AvgIpc) is 1.41. The number of phosphoric acid groups is 1. The number of aliphatic hydroxyl groups is 13. The summed E-state index contributed by atoms with van der Waals surface area (Å²) in [5.41, 5.74) is -19.8. The smallest absolute Gasteiger partial charge is 0.790 e. The van der Waals surface area contributed by atoms with E-state index in [-0.39, 0.29) is 179 Å². The Hall–Kier alpha value is -4.85. The van der Waals surface area contributed by atoms with Gasteiger partial charge < -0.3 is 85.3 Å². The van der Waals surface area contributed by atoms with Crippen molar-refractivity contribution in [3.05, 3.63) is 119 Å². The van der Waals surface area contributed by atoms with Crippen LogP contribution in [0.25, 0.3) is 0 Å². The molecule has 768 valence electrons. The van der Waals surface area contributed by atoms with Crippen LogP contribution in [-0.2, 0) is 61.8 Å². The zero-order valence-electron chi connectivity index (χ0n) is 84.2. The molecule has 15 fully saturated rings. The number of alkyl halides is 3. The Morgan fingerprint density at radius 2 is 0.690 bits per heavy atom. The van der Waals surface area contributed by atoms with Crippen LogP contribution in [-0.4, -0.2) is 232 Å². The Balaban J connectivity index is 0.000000141. The fourth-order valence-electron chi connectivity index (χ4n) is 35.5. The SMILES string of the molecule is C[C@@H]1C[C@H]2[C@@H]3CCC4=CC(=O)C=C[C@]4(C)[C@@]3(F)[C@@H](O)C[C@]2(C)[C@@]1(O)C(=O)CO.C[C@@H]1C[C@H]2[C@@H]3CCC4=CC(=O)C=C[C@]4(C)[C@@]3(F)[C@@H](O)C[C@]2(C)[C@@]1(O)C(=O)COP(=O)([O-])[O-].C[C@H]1C[C@H]2[C@@H]3CCC4=CC(=O)C=C[C@]4(C)[C@@]3(F)[C@@H](O)C[C@]2(C)[C@@]1(O)C(=O)CO.C[C@]12C=CC(=O)C=C1CC[C@@H]1[C@@H]2C(=O)C[C@@]2(C)[C@H]1CC[C@]2(O)C(=O)CO.C[C@]12C=CC(=O)C=C1CC[C@@H]1[C@@H]2[C@@H](O)C[C@@]2(C)[C@H]1CC[C@]2(O)C(=O)CO.[Na+].[Na+]. The topological polar surface area (TPSA) is 523 Å². The number of hydrogen-bond acceptors (Lipinski definition) is 28. The van der Waals surface area contributed by atoms with E-state index in [9.17, 15) is 133 Å². The molecule has 0 amide bonds. The molecule has 0 bridgehead atoms. The van der Waals surface area contributed by atoms with Gasteiger partial charge in [0.2, 0.25) is 0 Å². The van der Waals surface area contributed by atoms with Gasteiger partial charge in [-0.3, -0.25) is 52.7 Å². The first-order valence-corrected chi connectivity index (χ1v) is 51.8. The molecule has 13 N–H and O–H groups in total. The Morgan fingerprint density at radius 3 is 1.04 bits per heavy atom. The quantitative estimate of drug-likeness (QED) is 0.0979. The fraction of sp³-hybridized carbons (Fsp3) is 0.713. The van der Waals surface area contributed by atoms with Crippen LogP contribution < -0.4 is 68.9 Å². The number of halogens is 3. The first-order chi connectivity index (χ1) is 64.9. The first-order valence-electron chi connectivity index (χ1n) is 50.3. The van der Waals surface area contributed by atoms with Crippen LogP contribution in [0.1, 0.15) is 231 Å². The van der Waals surface area contributed by atoms with Crippen molar-refractivity contribution in [3.63, 3.8) is 0 Å². The molecule has 142 heavy (non-hydrogen) atoms. The normalized spacial score (nSPS) is 49.3. The molecule has 20 aliphatic rings. The third-order valence-electron chi connectivity index (χ3n) is 42.9. The number of rotatable bonds is 12. The van der Waals surface area contributed by atoms with Gasteiger partial charge in [0.1, 0.15) is 66.8 Å². The van der Waals surface area contributed by atoms with E-state index in [0.29, 0.717) is 93.8 Å². The molecule has 0 unspecified atom stereocenters. The summed E-state index contributed by atoms with van der Waals surface area (Å²) < 4.78 is 65.7. The predicted molar refractivity (Wildman–Crippen MR) is 495 cm³/mol. The van der Waals surface area contributed by atoms with Crippen molar-refractivity contribution in [1.29, 1.82) is 0 Å². The van der Waals surface area contributed by atoms with Gasteiger partial charge in [-0.25, -0.2) is 13.2 Å². The van der Waals surface area contributed by atoms with Crippen molar-refractivity contribution in [2.45, 2.75) is 301 Å². The molecule has 0 radical (unpaired) electrons. The number of carbonyl (C=O) groups excluding carboxylic acids is 11. The Labute approximate surface area is 870 Å². The van der Waals surface area contributed by atoms with Crippen molar-refractivity contribution < 1.29 is 210 Å². The van der Waals surface area contributed by atoms with Gasteiger partial charge in [-0.15, -0.1) is 0 Å². The van der Waals surface area contributed by atoms with Crippen LogP contribution in [0.5, 0.6) is 0 Å². The second kappa shape index (κ2) is 37.6. The van der Waals surface area contributed by atoms with E-state index in [2.05, 4.69) is 11.4 Å². The van der Waals surface area contributed by atoms with Crippen LogP contribution in [0.4, 0.5) is 13.2 Å². The van der Waals surface area contributed by atoms with Gasteiger partial charge in [-0.05, 0) is 276 Å². The molecule has 37 atom stereocenters. The molecule has 0 aliphatic heterocycles. The van der Waals surface area contributed by atoms with Crippen molar-refractivity contribution in [3.8, 4) is 0 Å². The summed E-state index contributed by atoms with van der Waals surface area (Å²) in [5, 5.41) is 139. The molecule has 0 saturated heterocycles. The van der Waals surface area contributed by atoms with Crippen molar-refractivity contribution in [2.75, 3.05) is 33.0 Å². The monoisotopic (exact) mass is 2020 g/mol. The molecule has 0 aromatic carbocycles. The van der Waals surface area contributed by atoms with Crippen LogP contribution in [0.15, 0.2) is 119 Å². The van der Waals surface area contributed by atoms with E-state index in [4.69, 9.17) is 0 Å². The second-order valence-electron chi connectivity index (χ2n) is 48.0. The van der Waals surface area contributed by atoms with Crippen LogP contribution in [0, 0.1) is 143 Å². The molecular formula is C108H140F3Na2O28P. The number of phosphoric ester groups is 1. The zero-order chi connectivity index (χ0) is 103. The molecule has 0 aromatic heterocycles. The van der Waals surface area contributed by atoms with E-state index in [1.165, 1.54) is 42.5 Å². The van der Waals surface area contributed by atoms with Crippen molar-refractivity contribution in [1.82, 2.24) is 0 Å². The largest absolute Gasteiger partial charge is 1.00 e. The summed E-state index contributed by atoms with van der Waals surface area (Å²) in [6.07, 6.45) is 27.9.